The van der Waals surface area contributed by atoms with E-state index in [9.17, 15) is 17.2 Å². The summed E-state index contributed by atoms with van der Waals surface area (Å²) < 4.78 is 52.5. The molecule has 1 aromatic carbocycles. The third-order valence-electron chi connectivity index (χ3n) is 3.58. The van der Waals surface area contributed by atoms with E-state index in [-0.39, 0.29) is 17.0 Å². The van der Waals surface area contributed by atoms with Gasteiger partial charge in [-0.25, -0.2) is 17.2 Å². The Kier molecular flexibility index (Phi) is 3.92. The molecule has 3 nitrogen and oxygen atoms in total. The van der Waals surface area contributed by atoms with Crippen LogP contribution in [0, 0.1) is 11.6 Å². The Labute approximate surface area is 112 Å². The van der Waals surface area contributed by atoms with Gasteiger partial charge in [-0.2, -0.15) is 4.31 Å². The maximum Gasteiger partial charge on any atom is 0.243 e. The molecule has 1 saturated heterocycles. The smallest absolute Gasteiger partial charge is 0.207 e. The van der Waals surface area contributed by atoms with Crippen LogP contribution in [-0.2, 0) is 10.0 Å². The van der Waals surface area contributed by atoms with E-state index in [1.54, 1.807) is 0 Å². The van der Waals surface area contributed by atoms with Crippen molar-refractivity contribution in [3.05, 3.63) is 29.8 Å². The molecule has 1 aromatic rings. The minimum atomic E-state index is -3.77. The van der Waals surface area contributed by atoms with E-state index in [0.717, 1.165) is 37.5 Å². The van der Waals surface area contributed by atoms with Gasteiger partial charge in [0.2, 0.25) is 10.0 Å². The van der Waals surface area contributed by atoms with Gasteiger partial charge < -0.3 is 0 Å². The maximum atomic E-state index is 13.2. The van der Waals surface area contributed by atoms with Crippen molar-refractivity contribution in [2.45, 2.75) is 50.1 Å². The first kappa shape index (κ1) is 14.4. The predicted molar refractivity (Wildman–Crippen MR) is 68.2 cm³/mol. The van der Waals surface area contributed by atoms with Crippen LogP contribution in [0.25, 0.3) is 0 Å². The Hall–Kier alpha value is -1.01. The van der Waals surface area contributed by atoms with Gasteiger partial charge in [-0.15, -0.1) is 0 Å². The number of sulfonamides is 1. The predicted octanol–water partition coefficient (Wildman–Crippen LogP) is 2.92. The summed E-state index contributed by atoms with van der Waals surface area (Å²) in [6.07, 6.45) is 2.55. The van der Waals surface area contributed by atoms with Gasteiger partial charge >= 0.3 is 0 Å². The van der Waals surface area contributed by atoms with Gasteiger partial charge in [0.05, 0.1) is 4.90 Å². The van der Waals surface area contributed by atoms with E-state index in [1.165, 1.54) is 4.31 Å². The Balaban J connectivity index is 2.43. The number of nitrogens with zero attached hydrogens (tertiary/aromatic N) is 1. The highest BCUT2D eigenvalue weighted by atomic mass is 32.2. The third kappa shape index (κ3) is 2.65. The molecule has 19 heavy (non-hydrogen) atoms. The summed E-state index contributed by atoms with van der Waals surface area (Å²) in [7, 11) is -3.77. The monoisotopic (exact) mass is 289 g/mol. The van der Waals surface area contributed by atoms with Crippen molar-refractivity contribution < 1.29 is 17.2 Å². The van der Waals surface area contributed by atoms with Gasteiger partial charge in [0, 0.05) is 12.1 Å². The fraction of sp³-hybridized carbons (Fsp3) is 0.538. The van der Waals surface area contributed by atoms with E-state index < -0.39 is 21.7 Å². The minimum absolute atomic E-state index is 0.123. The molecule has 1 aliphatic rings. The van der Waals surface area contributed by atoms with Crippen molar-refractivity contribution in [2.75, 3.05) is 0 Å². The molecule has 106 valence electrons. The molecule has 1 fully saturated rings. The first-order valence-electron chi connectivity index (χ1n) is 6.32. The SMILES string of the molecule is CC1CCCC(C)N1S(=O)(=O)c1ccc(F)c(F)c1. The van der Waals surface area contributed by atoms with Crippen molar-refractivity contribution in [1.82, 2.24) is 4.31 Å². The van der Waals surface area contributed by atoms with Gasteiger partial charge in [0.1, 0.15) is 0 Å². The highest BCUT2D eigenvalue weighted by Crippen LogP contribution is 2.29. The van der Waals surface area contributed by atoms with Gasteiger partial charge in [-0.1, -0.05) is 6.42 Å². The van der Waals surface area contributed by atoms with Gasteiger partial charge in [-0.05, 0) is 44.9 Å². The van der Waals surface area contributed by atoms with Crippen LogP contribution in [0.5, 0.6) is 0 Å². The summed E-state index contributed by atoms with van der Waals surface area (Å²) in [5, 5.41) is 0. The lowest BCUT2D eigenvalue weighted by Gasteiger charge is -2.37. The molecular weight excluding hydrogens is 272 g/mol. The van der Waals surface area contributed by atoms with Crippen molar-refractivity contribution in [3.63, 3.8) is 0 Å². The standard InChI is InChI=1S/C13H17F2NO2S/c1-9-4-3-5-10(2)16(9)19(17,18)11-6-7-12(14)13(15)8-11/h6-10H,3-5H2,1-2H3. The maximum absolute atomic E-state index is 13.2. The van der Waals surface area contributed by atoms with Crippen LogP contribution >= 0.6 is 0 Å². The molecule has 0 saturated carbocycles. The molecule has 6 heteroatoms. The summed E-state index contributed by atoms with van der Waals surface area (Å²) in [6, 6.07) is 2.46. The number of benzene rings is 1. The van der Waals surface area contributed by atoms with Crippen LogP contribution in [0.2, 0.25) is 0 Å². The minimum Gasteiger partial charge on any atom is -0.207 e. The molecule has 0 N–H and O–H groups in total. The van der Waals surface area contributed by atoms with E-state index >= 15 is 0 Å². The number of halogens is 2. The fourth-order valence-electron chi connectivity index (χ4n) is 2.63. The normalized spacial score (nSPS) is 25.5. The van der Waals surface area contributed by atoms with Crippen molar-refractivity contribution in [2.24, 2.45) is 0 Å². The second-order valence-corrected chi connectivity index (χ2v) is 6.88. The van der Waals surface area contributed by atoms with Crippen LogP contribution in [0.15, 0.2) is 23.1 Å². The summed E-state index contributed by atoms with van der Waals surface area (Å²) in [5.41, 5.74) is 0. The van der Waals surface area contributed by atoms with Gasteiger partial charge in [0.15, 0.2) is 11.6 Å². The van der Waals surface area contributed by atoms with Crippen LogP contribution < -0.4 is 0 Å². The summed E-state index contributed by atoms with van der Waals surface area (Å²) >= 11 is 0. The van der Waals surface area contributed by atoms with Crippen LogP contribution in [0.4, 0.5) is 8.78 Å². The molecule has 0 spiro atoms. The first-order chi connectivity index (χ1) is 8.84. The lowest BCUT2D eigenvalue weighted by Crippen LogP contribution is -2.47. The van der Waals surface area contributed by atoms with Gasteiger partial charge in [-0.3, -0.25) is 0 Å². The zero-order chi connectivity index (χ0) is 14.2. The number of hydrogen-bond donors (Lipinski definition) is 0. The molecular formula is C13H17F2NO2S. The molecule has 0 bridgehead atoms. The summed E-state index contributed by atoms with van der Waals surface area (Å²) in [6.45, 7) is 3.68. The van der Waals surface area contributed by atoms with Crippen molar-refractivity contribution in [1.29, 1.82) is 0 Å². The molecule has 0 aliphatic carbocycles. The zero-order valence-corrected chi connectivity index (χ0v) is 11.8. The molecule has 0 aromatic heterocycles. The van der Waals surface area contributed by atoms with Crippen LogP contribution in [0.1, 0.15) is 33.1 Å². The van der Waals surface area contributed by atoms with E-state index in [2.05, 4.69) is 0 Å². The molecule has 2 rings (SSSR count). The Morgan fingerprint density at radius 1 is 1.11 bits per heavy atom. The fourth-order valence-corrected chi connectivity index (χ4v) is 4.52. The Morgan fingerprint density at radius 2 is 1.68 bits per heavy atom. The lowest BCUT2D eigenvalue weighted by atomic mass is 10.0. The second-order valence-electron chi connectivity index (χ2n) is 5.04. The van der Waals surface area contributed by atoms with Crippen molar-refractivity contribution >= 4 is 10.0 Å². The third-order valence-corrected chi connectivity index (χ3v) is 5.70. The average Bonchev–Trinajstić information content (AvgIpc) is 2.32. The summed E-state index contributed by atoms with van der Waals surface area (Å²) in [4.78, 5) is -0.188. The highest BCUT2D eigenvalue weighted by molar-refractivity contribution is 7.89. The first-order valence-corrected chi connectivity index (χ1v) is 7.76. The second kappa shape index (κ2) is 5.17. The van der Waals surface area contributed by atoms with Crippen molar-refractivity contribution in [3.8, 4) is 0 Å². The Bertz CT molecular complexity index is 564. The van der Waals surface area contributed by atoms with E-state index in [0.29, 0.717) is 0 Å². The average molecular weight is 289 g/mol. The van der Waals surface area contributed by atoms with E-state index in [1.807, 2.05) is 13.8 Å². The van der Waals surface area contributed by atoms with Gasteiger partial charge in [0.25, 0.3) is 0 Å². The lowest BCUT2D eigenvalue weighted by molar-refractivity contribution is 0.204. The quantitative estimate of drug-likeness (QED) is 0.839. The topological polar surface area (TPSA) is 37.4 Å². The molecule has 0 amide bonds. The molecule has 1 heterocycles. The molecule has 2 unspecified atom stereocenters. The highest BCUT2D eigenvalue weighted by Gasteiger charge is 2.35. The van der Waals surface area contributed by atoms with Crippen LogP contribution in [-0.4, -0.2) is 24.8 Å². The number of hydrogen-bond acceptors (Lipinski definition) is 2. The molecule has 2 atom stereocenters. The summed E-state index contributed by atoms with van der Waals surface area (Å²) in [5.74, 6) is -2.18. The molecule has 0 radical (unpaired) electrons. The van der Waals surface area contributed by atoms with E-state index in [4.69, 9.17) is 0 Å². The number of piperidine rings is 1. The zero-order valence-electron chi connectivity index (χ0n) is 10.9. The number of rotatable bonds is 2. The molecule has 1 aliphatic heterocycles. The Morgan fingerprint density at radius 3 is 2.21 bits per heavy atom. The largest absolute Gasteiger partial charge is 0.243 e. The van der Waals surface area contributed by atoms with Crippen LogP contribution in [0.3, 0.4) is 0 Å².